The number of nitrogens with zero attached hydrogens (tertiary/aromatic N) is 1. The van der Waals surface area contributed by atoms with Gasteiger partial charge in [-0.25, -0.2) is 0 Å². The summed E-state index contributed by atoms with van der Waals surface area (Å²) in [4.78, 5) is 27.1. The second kappa shape index (κ2) is 6.26. The van der Waals surface area contributed by atoms with Crippen LogP contribution >= 0.6 is 11.8 Å². The molecule has 0 aliphatic carbocycles. The van der Waals surface area contributed by atoms with Crippen LogP contribution in [-0.4, -0.2) is 27.9 Å². The fraction of sp³-hybridized carbons (Fsp3) is 0.100. The van der Waals surface area contributed by atoms with Crippen LogP contribution in [0.4, 0.5) is 5.69 Å². The van der Waals surface area contributed by atoms with E-state index in [4.69, 9.17) is 0 Å². The van der Waals surface area contributed by atoms with Crippen molar-refractivity contribution in [1.29, 1.82) is 0 Å². The van der Waals surface area contributed by atoms with Crippen molar-refractivity contribution in [3.8, 4) is 5.75 Å². The van der Waals surface area contributed by atoms with E-state index in [2.05, 4.69) is 0 Å². The zero-order chi connectivity index (χ0) is 17.4. The predicted octanol–water partition coefficient (Wildman–Crippen LogP) is 3.83. The third-order valence-corrected chi connectivity index (χ3v) is 5.44. The third kappa shape index (κ3) is 2.66. The first-order chi connectivity index (χ1) is 12.2. The van der Waals surface area contributed by atoms with E-state index in [1.54, 1.807) is 23.1 Å². The van der Waals surface area contributed by atoms with Gasteiger partial charge in [0.1, 0.15) is 11.1 Å². The Balaban J connectivity index is 1.81. The zero-order valence-corrected chi connectivity index (χ0v) is 14.1. The minimum absolute atomic E-state index is 0.0645. The first-order valence-corrected chi connectivity index (χ1v) is 8.95. The van der Waals surface area contributed by atoms with Crippen molar-refractivity contribution in [3.63, 3.8) is 0 Å². The number of aromatic hydroxyl groups is 1. The molecular weight excluding hydrogens is 334 g/mol. The summed E-state index contributed by atoms with van der Waals surface area (Å²) in [6.45, 7) is 0. The van der Waals surface area contributed by atoms with Gasteiger partial charge in [0, 0.05) is 5.39 Å². The Kier molecular flexibility index (Phi) is 3.93. The van der Waals surface area contributed by atoms with Crippen LogP contribution in [0.15, 0.2) is 66.7 Å². The highest BCUT2D eigenvalue weighted by Gasteiger charge is 2.39. The number of phenols is 1. The minimum atomic E-state index is -0.674. The van der Waals surface area contributed by atoms with Crippen LogP contribution in [-0.2, 0) is 4.79 Å². The van der Waals surface area contributed by atoms with Gasteiger partial charge < -0.3 is 5.11 Å². The summed E-state index contributed by atoms with van der Waals surface area (Å²) in [6.07, 6.45) is 0. The number of ketones is 1. The molecule has 4 rings (SSSR count). The first-order valence-electron chi connectivity index (χ1n) is 7.90. The lowest BCUT2D eigenvalue weighted by molar-refractivity contribution is -0.115. The monoisotopic (exact) mass is 349 g/mol. The van der Waals surface area contributed by atoms with E-state index in [0.29, 0.717) is 0 Å². The summed E-state index contributed by atoms with van der Waals surface area (Å²) >= 11 is 1.29. The van der Waals surface area contributed by atoms with Gasteiger partial charge in [0.2, 0.25) is 5.91 Å². The largest absolute Gasteiger partial charge is 0.507 e. The van der Waals surface area contributed by atoms with E-state index in [9.17, 15) is 14.7 Å². The molecule has 1 aliphatic heterocycles. The number of amides is 1. The summed E-state index contributed by atoms with van der Waals surface area (Å²) in [7, 11) is 0. The van der Waals surface area contributed by atoms with Gasteiger partial charge in [-0.15, -0.1) is 11.8 Å². The number of anilines is 1. The molecule has 1 fully saturated rings. The number of fused-ring (bicyclic) bond motifs is 1. The van der Waals surface area contributed by atoms with Crippen molar-refractivity contribution in [2.24, 2.45) is 0 Å². The van der Waals surface area contributed by atoms with Crippen molar-refractivity contribution in [2.45, 2.75) is 5.37 Å². The number of hydrogen-bond acceptors (Lipinski definition) is 4. The molecule has 0 aromatic heterocycles. The lowest BCUT2D eigenvalue weighted by atomic mass is 10.1. The summed E-state index contributed by atoms with van der Waals surface area (Å²) in [5.41, 5.74) is 0.960. The van der Waals surface area contributed by atoms with Crippen LogP contribution in [0.5, 0.6) is 5.75 Å². The van der Waals surface area contributed by atoms with Crippen molar-refractivity contribution < 1.29 is 14.7 Å². The van der Waals surface area contributed by atoms with Gasteiger partial charge in [-0.05, 0) is 23.6 Å². The number of hydrogen-bond donors (Lipinski definition) is 1. The minimum Gasteiger partial charge on any atom is -0.507 e. The summed E-state index contributed by atoms with van der Waals surface area (Å²) in [5, 5.41) is 11.3. The van der Waals surface area contributed by atoms with Crippen molar-refractivity contribution in [3.05, 3.63) is 72.3 Å². The second-order valence-corrected chi connectivity index (χ2v) is 6.88. The van der Waals surface area contributed by atoms with Crippen LogP contribution in [0, 0.1) is 0 Å². The Bertz CT molecular complexity index is 980. The molecule has 124 valence electrons. The highest BCUT2D eigenvalue weighted by molar-refractivity contribution is 8.02. The predicted molar refractivity (Wildman–Crippen MR) is 100 cm³/mol. The molecule has 0 spiro atoms. The molecule has 1 amide bonds. The molecule has 0 radical (unpaired) electrons. The van der Waals surface area contributed by atoms with Gasteiger partial charge in [-0.1, -0.05) is 48.5 Å². The third-order valence-electron chi connectivity index (χ3n) is 4.29. The Morgan fingerprint density at radius 1 is 1.00 bits per heavy atom. The summed E-state index contributed by atoms with van der Waals surface area (Å²) in [6, 6.07) is 19.9. The Morgan fingerprint density at radius 2 is 1.72 bits per heavy atom. The molecule has 1 unspecified atom stereocenters. The average molecular weight is 349 g/mol. The standard InChI is InChI=1S/C20H15NO3S/c22-17-11-4-3-9-15(17)19(24)20-21(18(23)12-25-20)16-10-5-7-13-6-1-2-8-14(13)16/h1-11,20,22H,12H2. The van der Waals surface area contributed by atoms with E-state index in [1.807, 2.05) is 42.5 Å². The van der Waals surface area contributed by atoms with E-state index < -0.39 is 5.37 Å². The van der Waals surface area contributed by atoms with Gasteiger partial charge in [0.15, 0.2) is 5.78 Å². The lowest BCUT2D eigenvalue weighted by Gasteiger charge is -2.24. The van der Waals surface area contributed by atoms with Gasteiger partial charge in [0.25, 0.3) is 0 Å². The molecular formula is C20H15NO3S. The number of thioether (sulfide) groups is 1. The average Bonchev–Trinajstić information content (AvgIpc) is 3.02. The SMILES string of the molecule is O=C(c1ccccc1O)C1SCC(=O)N1c1cccc2ccccc12. The summed E-state index contributed by atoms with van der Waals surface area (Å²) < 4.78 is 0. The topological polar surface area (TPSA) is 57.6 Å². The molecule has 3 aromatic rings. The van der Waals surface area contributed by atoms with Crippen LogP contribution in [0.3, 0.4) is 0 Å². The summed E-state index contributed by atoms with van der Waals surface area (Å²) in [5.74, 6) is -0.185. The molecule has 1 atom stereocenters. The molecule has 0 saturated carbocycles. The fourth-order valence-electron chi connectivity index (χ4n) is 3.11. The highest BCUT2D eigenvalue weighted by Crippen LogP contribution is 2.37. The molecule has 1 heterocycles. The number of para-hydroxylation sites is 1. The van der Waals surface area contributed by atoms with Gasteiger partial charge >= 0.3 is 0 Å². The smallest absolute Gasteiger partial charge is 0.238 e. The maximum Gasteiger partial charge on any atom is 0.238 e. The first kappa shape index (κ1) is 15.7. The Labute approximate surface area is 149 Å². The Morgan fingerprint density at radius 3 is 2.56 bits per heavy atom. The van der Waals surface area contributed by atoms with Gasteiger partial charge in [-0.3, -0.25) is 14.5 Å². The number of benzene rings is 3. The lowest BCUT2D eigenvalue weighted by Crippen LogP contribution is -2.38. The maximum absolute atomic E-state index is 13.0. The molecule has 3 aromatic carbocycles. The van der Waals surface area contributed by atoms with Crippen molar-refractivity contribution in [2.75, 3.05) is 10.7 Å². The maximum atomic E-state index is 13.0. The normalized spacial score (nSPS) is 17.2. The van der Waals surface area contributed by atoms with E-state index >= 15 is 0 Å². The molecule has 1 saturated heterocycles. The zero-order valence-electron chi connectivity index (χ0n) is 13.3. The molecule has 25 heavy (non-hydrogen) atoms. The molecule has 5 heteroatoms. The van der Waals surface area contributed by atoms with Crippen molar-refractivity contribution >= 4 is 39.9 Å². The van der Waals surface area contributed by atoms with Crippen LogP contribution in [0.2, 0.25) is 0 Å². The van der Waals surface area contributed by atoms with E-state index in [0.717, 1.165) is 16.5 Å². The second-order valence-electron chi connectivity index (χ2n) is 5.81. The molecule has 1 aliphatic rings. The van der Waals surface area contributed by atoms with Crippen molar-refractivity contribution in [1.82, 2.24) is 0 Å². The number of Topliss-reactive ketones (excluding diaryl/α,β-unsaturated/α-hetero) is 1. The molecule has 1 N–H and O–H groups in total. The van der Waals surface area contributed by atoms with Crippen LogP contribution < -0.4 is 4.90 Å². The van der Waals surface area contributed by atoms with Gasteiger partial charge in [-0.2, -0.15) is 0 Å². The molecule has 4 nitrogen and oxygen atoms in total. The fourth-order valence-corrected chi connectivity index (χ4v) is 4.21. The van der Waals surface area contributed by atoms with Crippen LogP contribution in [0.25, 0.3) is 10.8 Å². The number of phenolic OH excluding ortho intramolecular Hbond substituents is 1. The van der Waals surface area contributed by atoms with E-state index in [1.165, 1.54) is 17.8 Å². The molecule has 0 bridgehead atoms. The number of carbonyl (C=O) groups is 2. The van der Waals surface area contributed by atoms with Crippen LogP contribution in [0.1, 0.15) is 10.4 Å². The van der Waals surface area contributed by atoms with Gasteiger partial charge in [0.05, 0.1) is 17.0 Å². The Hall–Kier alpha value is -2.79. The number of carbonyl (C=O) groups excluding carboxylic acids is 2. The van der Waals surface area contributed by atoms with E-state index in [-0.39, 0.29) is 28.8 Å². The number of rotatable bonds is 3. The quantitative estimate of drug-likeness (QED) is 0.730. The highest BCUT2D eigenvalue weighted by atomic mass is 32.2.